The molecule has 0 aromatic carbocycles. The molecule has 1 aliphatic rings. The molecule has 0 bridgehead atoms. The lowest BCUT2D eigenvalue weighted by Crippen LogP contribution is -2.44. The fourth-order valence-corrected chi connectivity index (χ4v) is 1.62. The Morgan fingerprint density at radius 3 is 3.07 bits per heavy atom. The Morgan fingerprint density at radius 1 is 1.67 bits per heavy atom. The van der Waals surface area contributed by atoms with Gasteiger partial charge in [0.25, 0.3) is 0 Å². The van der Waals surface area contributed by atoms with E-state index >= 15 is 0 Å². The number of hydrogen-bond donors (Lipinski definition) is 2. The molecule has 0 spiro atoms. The van der Waals surface area contributed by atoms with E-state index in [4.69, 9.17) is 4.74 Å². The fourth-order valence-electron chi connectivity index (χ4n) is 1.62. The molecule has 0 aliphatic carbocycles. The van der Waals surface area contributed by atoms with Crippen molar-refractivity contribution in [1.29, 1.82) is 0 Å². The Morgan fingerprint density at radius 2 is 2.47 bits per heavy atom. The van der Waals surface area contributed by atoms with Crippen LogP contribution < -0.4 is 10.6 Å². The van der Waals surface area contributed by atoms with Crippen LogP contribution in [0.5, 0.6) is 0 Å². The van der Waals surface area contributed by atoms with E-state index in [1.54, 1.807) is 6.92 Å². The van der Waals surface area contributed by atoms with Crippen molar-refractivity contribution in [2.45, 2.75) is 25.8 Å². The Hall–Kier alpha value is -0.870. The first kappa shape index (κ1) is 12.2. The first-order valence-electron chi connectivity index (χ1n) is 5.45. The van der Waals surface area contributed by atoms with Gasteiger partial charge in [-0.3, -0.25) is 0 Å². The number of rotatable bonds is 5. The van der Waals surface area contributed by atoms with Crippen molar-refractivity contribution >= 4 is 5.97 Å². The van der Waals surface area contributed by atoms with Gasteiger partial charge < -0.3 is 15.4 Å². The molecule has 1 saturated heterocycles. The minimum atomic E-state index is -0.269. The largest absolute Gasteiger partial charge is 0.463 e. The van der Waals surface area contributed by atoms with Crippen molar-refractivity contribution in [3.8, 4) is 0 Å². The highest BCUT2D eigenvalue weighted by atomic mass is 16.5. The molecular weight excluding hydrogens is 192 g/mol. The third kappa shape index (κ3) is 4.44. The topological polar surface area (TPSA) is 50.4 Å². The molecule has 15 heavy (non-hydrogen) atoms. The van der Waals surface area contributed by atoms with Crippen molar-refractivity contribution in [2.75, 3.05) is 26.2 Å². The molecule has 4 nitrogen and oxygen atoms in total. The molecule has 2 N–H and O–H groups in total. The molecule has 1 aliphatic heterocycles. The summed E-state index contributed by atoms with van der Waals surface area (Å²) in [6.07, 6.45) is 4.41. The summed E-state index contributed by atoms with van der Waals surface area (Å²) in [4.78, 5) is 11.0. The van der Waals surface area contributed by atoms with E-state index in [9.17, 15) is 4.79 Å². The summed E-state index contributed by atoms with van der Waals surface area (Å²) in [7, 11) is 0. The number of carbonyl (C=O) groups is 1. The molecule has 1 atom stereocenters. The number of carbonyl (C=O) groups excluding carboxylic acids is 1. The Bertz CT molecular complexity index is 233. The van der Waals surface area contributed by atoms with Crippen LogP contribution in [0.25, 0.3) is 0 Å². The third-order valence-corrected chi connectivity index (χ3v) is 2.56. The van der Waals surface area contributed by atoms with E-state index < -0.39 is 0 Å². The van der Waals surface area contributed by atoms with Crippen molar-refractivity contribution in [3.63, 3.8) is 0 Å². The van der Waals surface area contributed by atoms with Gasteiger partial charge in [-0.25, -0.2) is 4.79 Å². The van der Waals surface area contributed by atoms with Crippen LogP contribution >= 0.6 is 0 Å². The maximum atomic E-state index is 11.0. The molecule has 1 heterocycles. The van der Waals surface area contributed by atoms with Crippen LogP contribution in [0.15, 0.2) is 12.2 Å². The summed E-state index contributed by atoms with van der Waals surface area (Å²) >= 11 is 0. The monoisotopic (exact) mass is 212 g/mol. The van der Waals surface area contributed by atoms with Crippen LogP contribution in [-0.2, 0) is 9.53 Å². The van der Waals surface area contributed by atoms with E-state index in [0.717, 1.165) is 19.5 Å². The normalized spacial score (nSPS) is 26.0. The van der Waals surface area contributed by atoms with Crippen LogP contribution in [-0.4, -0.2) is 37.7 Å². The molecule has 0 radical (unpaired) electrons. The highest BCUT2D eigenvalue weighted by Gasteiger charge is 2.26. The van der Waals surface area contributed by atoms with Crippen molar-refractivity contribution < 1.29 is 9.53 Å². The average molecular weight is 212 g/mol. The Labute approximate surface area is 91.1 Å². The maximum Gasteiger partial charge on any atom is 0.330 e. The van der Waals surface area contributed by atoms with Gasteiger partial charge in [-0.15, -0.1) is 0 Å². The quantitative estimate of drug-likeness (QED) is 0.513. The third-order valence-electron chi connectivity index (χ3n) is 2.56. The summed E-state index contributed by atoms with van der Waals surface area (Å²) in [5.41, 5.74) is 0.166. The van der Waals surface area contributed by atoms with Crippen molar-refractivity contribution in [3.05, 3.63) is 12.2 Å². The lowest BCUT2D eigenvalue weighted by Gasteiger charge is -2.23. The van der Waals surface area contributed by atoms with Crippen LogP contribution in [0.1, 0.15) is 20.3 Å². The number of ether oxygens (including phenoxy) is 1. The average Bonchev–Trinajstić information content (AvgIpc) is 2.61. The van der Waals surface area contributed by atoms with E-state index in [2.05, 4.69) is 17.6 Å². The molecule has 86 valence electrons. The van der Waals surface area contributed by atoms with Gasteiger partial charge in [-0.2, -0.15) is 0 Å². The maximum absolute atomic E-state index is 11.0. The van der Waals surface area contributed by atoms with Crippen LogP contribution in [0.2, 0.25) is 0 Å². The smallest absolute Gasteiger partial charge is 0.330 e. The van der Waals surface area contributed by atoms with Crippen LogP contribution in [0.3, 0.4) is 0 Å². The SMILES string of the molecule is CCOC(=O)/C=C/CNC1(C)CCNC1. The molecule has 0 aromatic heterocycles. The molecule has 1 unspecified atom stereocenters. The van der Waals surface area contributed by atoms with Crippen LogP contribution in [0, 0.1) is 0 Å². The number of nitrogens with one attached hydrogen (secondary N) is 2. The van der Waals surface area contributed by atoms with E-state index in [1.165, 1.54) is 6.08 Å². The lowest BCUT2D eigenvalue weighted by molar-refractivity contribution is -0.137. The zero-order valence-corrected chi connectivity index (χ0v) is 9.51. The molecule has 1 fully saturated rings. The minimum Gasteiger partial charge on any atom is -0.463 e. The summed E-state index contributed by atoms with van der Waals surface area (Å²) in [6, 6.07) is 0. The highest BCUT2D eigenvalue weighted by molar-refractivity contribution is 5.81. The first-order chi connectivity index (χ1) is 7.16. The summed E-state index contributed by atoms with van der Waals surface area (Å²) in [5.74, 6) is -0.269. The predicted molar refractivity (Wildman–Crippen MR) is 59.7 cm³/mol. The zero-order chi connectivity index (χ0) is 11.1. The molecule has 1 rings (SSSR count). The van der Waals surface area contributed by atoms with Gasteiger partial charge in [-0.1, -0.05) is 6.08 Å². The second kappa shape index (κ2) is 5.88. The molecule has 4 heteroatoms. The predicted octanol–water partition coefficient (Wildman–Crippen LogP) is 0.447. The summed E-state index contributed by atoms with van der Waals surface area (Å²) < 4.78 is 4.77. The molecule has 0 amide bonds. The Balaban J connectivity index is 2.17. The van der Waals surface area contributed by atoms with Gasteiger partial charge in [0, 0.05) is 24.7 Å². The minimum absolute atomic E-state index is 0.166. The zero-order valence-electron chi connectivity index (χ0n) is 9.51. The lowest BCUT2D eigenvalue weighted by atomic mass is 10.0. The van der Waals surface area contributed by atoms with Gasteiger partial charge in [0.1, 0.15) is 0 Å². The van der Waals surface area contributed by atoms with Crippen molar-refractivity contribution in [2.24, 2.45) is 0 Å². The van der Waals surface area contributed by atoms with E-state index in [-0.39, 0.29) is 11.5 Å². The second-order valence-electron chi connectivity index (χ2n) is 4.02. The van der Waals surface area contributed by atoms with Crippen LogP contribution in [0.4, 0.5) is 0 Å². The number of hydrogen-bond acceptors (Lipinski definition) is 4. The number of esters is 1. The van der Waals surface area contributed by atoms with E-state index in [1.807, 2.05) is 6.08 Å². The summed E-state index contributed by atoms with van der Waals surface area (Å²) in [5, 5.41) is 6.70. The van der Waals surface area contributed by atoms with Gasteiger partial charge in [0.05, 0.1) is 6.61 Å². The van der Waals surface area contributed by atoms with Gasteiger partial charge in [0.15, 0.2) is 0 Å². The van der Waals surface area contributed by atoms with Crippen molar-refractivity contribution in [1.82, 2.24) is 10.6 Å². The standard InChI is InChI=1S/C11H20N2O2/c1-3-15-10(14)5-4-7-13-11(2)6-8-12-9-11/h4-5,12-13H,3,6-9H2,1-2H3/b5-4+. The first-order valence-corrected chi connectivity index (χ1v) is 5.45. The van der Waals surface area contributed by atoms with Gasteiger partial charge >= 0.3 is 5.97 Å². The molecular formula is C11H20N2O2. The summed E-state index contributed by atoms with van der Waals surface area (Å²) in [6.45, 7) is 7.17. The Kier molecular flexibility index (Phi) is 4.78. The van der Waals surface area contributed by atoms with Gasteiger partial charge in [0.2, 0.25) is 0 Å². The second-order valence-corrected chi connectivity index (χ2v) is 4.02. The fraction of sp³-hybridized carbons (Fsp3) is 0.727. The highest BCUT2D eigenvalue weighted by Crippen LogP contribution is 2.12. The molecule has 0 saturated carbocycles. The van der Waals surface area contributed by atoms with Gasteiger partial charge in [-0.05, 0) is 26.8 Å². The molecule has 0 aromatic rings. The van der Waals surface area contributed by atoms with E-state index in [0.29, 0.717) is 13.2 Å².